The van der Waals surface area contributed by atoms with Crippen molar-refractivity contribution in [2.75, 3.05) is 17.2 Å². The summed E-state index contributed by atoms with van der Waals surface area (Å²) in [6.45, 7) is 4.93. The normalized spacial score (nSPS) is 23.7. The van der Waals surface area contributed by atoms with E-state index >= 15 is 0 Å². The fourth-order valence-electron chi connectivity index (χ4n) is 2.35. The number of nitrogens with one attached hydrogen (secondary N) is 2. The van der Waals surface area contributed by atoms with Crippen molar-refractivity contribution in [1.82, 2.24) is 9.97 Å². The van der Waals surface area contributed by atoms with Gasteiger partial charge >= 0.3 is 0 Å². The van der Waals surface area contributed by atoms with Crippen molar-refractivity contribution < 1.29 is 5.11 Å². The van der Waals surface area contributed by atoms with Crippen LogP contribution in [-0.2, 0) is 0 Å². The zero-order chi connectivity index (χ0) is 13.0. The number of nitrogens with zero attached hydrogens (tertiary/aromatic N) is 2. The smallest absolute Gasteiger partial charge is 0.134 e. The molecule has 5 heteroatoms. The summed E-state index contributed by atoms with van der Waals surface area (Å²) in [5.74, 6) is 1.80. The molecule has 1 aliphatic carbocycles. The summed E-state index contributed by atoms with van der Waals surface area (Å²) >= 11 is 0. The van der Waals surface area contributed by atoms with Crippen molar-refractivity contribution in [3.05, 3.63) is 11.9 Å². The van der Waals surface area contributed by atoms with Crippen LogP contribution in [0.15, 0.2) is 6.33 Å². The number of rotatable bonds is 4. The molecular formula is C13H22N4O. The number of aromatic nitrogens is 2. The first-order chi connectivity index (χ1) is 8.70. The summed E-state index contributed by atoms with van der Waals surface area (Å²) in [5.41, 5.74) is 1.06. The van der Waals surface area contributed by atoms with Crippen molar-refractivity contribution in [1.29, 1.82) is 0 Å². The fourth-order valence-corrected chi connectivity index (χ4v) is 2.35. The minimum absolute atomic E-state index is 0.119. The van der Waals surface area contributed by atoms with E-state index in [2.05, 4.69) is 27.5 Å². The van der Waals surface area contributed by atoms with E-state index in [9.17, 15) is 5.11 Å². The largest absolute Gasteiger partial charge is 0.393 e. The highest BCUT2D eigenvalue weighted by atomic mass is 16.3. The highest BCUT2D eigenvalue weighted by Crippen LogP contribution is 2.24. The number of hydrogen-bond donors (Lipinski definition) is 3. The summed E-state index contributed by atoms with van der Waals surface area (Å²) in [7, 11) is 0. The Bertz CT molecular complexity index is 389. The van der Waals surface area contributed by atoms with Crippen LogP contribution in [0, 0.1) is 6.92 Å². The standard InChI is InChI=1S/C13H22N4O/c1-3-14-12-9(2)13(16-8-15-12)17-10-4-6-11(18)7-5-10/h8,10-11,18H,3-7H2,1-2H3,(H2,14,15,16,17). The van der Waals surface area contributed by atoms with E-state index in [1.807, 2.05) is 6.92 Å². The van der Waals surface area contributed by atoms with E-state index in [0.29, 0.717) is 6.04 Å². The molecule has 1 fully saturated rings. The molecule has 0 saturated heterocycles. The van der Waals surface area contributed by atoms with Gasteiger partial charge < -0.3 is 15.7 Å². The highest BCUT2D eigenvalue weighted by molar-refractivity contribution is 5.56. The van der Waals surface area contributed by atoms with Gasteiger partial charge in [0.05, 0.1) is 6.10 Å². The third-order valence-electron chi connectivity index (χ3n) is 3.47. The summed E-state index contributed by atoms with van der Waals surface area (Å²) in [6, 6.07) is 0.413. The molecule has 5 nitrogen and oxygen atoms in total. The molecule has 18 heavy (non-hydrogen) atoms. The predicted molar refractivity (Wildman–Crippen MR) is 72.8 cm³/mol. The molecule has 1 heterocycles. The molecule has 0 spiro atoms. The minimum atomic E-state index is -0.119. The Morgan fingerprint density at radius 3 is 2.56 bits per heavy atom. The van der Waals surface area contributed by atoms with Gasteiger partial charge in [-0.3, -0.25) is 0 Å². The van der Waals surface area contributed by atoms with Crippen molar-refractivity contribution >= 4 is 11.6 Å². The Kier molecular flexibility index (Phi) is 4.36. The molecule has 0 bridgehead atoms. The minimum Gasteiger partial charge on any atom is -0.393 e. The Labute approximate surface area is 108 Å². The molecule has 1 aliphatic rings. The Morgan fingerprint density at radius 2 is 1.89 bits per heavy atom. The molecule has 1 aromatic heterocycles. The molecule has 100 valence electrons. The molecular weight excluding hydrogens is 228 g/mol. The third kappa shape index (κ3) is 3.10. The molecule has 0 aliphatic heterocycles. The molecule has 1 saturated carbocycles. The van der Waals surface area contributed by atoms with Crippen LogP contribution >= 0.6 is 0 Å². The first-order valence-electron chi connectivity index (χ1n) is 6.70. The lowest BCUT2D eigenvalue weighted by Crippen LogP contribution is -2.29. The monoisotopic (exact) mass is 250 g/mol. The van der Waals surface area contributed by atoms with Crippen LogP contribution in [-0.4, -0.2) is 33.8 Å². The van der Waals surface area contributed by atoms with E-state index in [1.165, 1.54) is 0 Å². The first kappa shape index (κ1) is 13.1. The molecule has 2 rings (SSSR count). The Hall–Kier alpha value is -1.36. The second-order valence-corrected chi connectivity index (χ2v) is 4.88. The average molecular weight is 250 g/mol. The van der Waals surface area contributed by atoms with E-state index < -0.39 is 0 Å². The Morgan fingerprint density at radius 1 is 1.22 bits per heavy atom. The predicted octanol–water partition coefficient (Wildman–Crippen LogP) is 1.93. The van der Waals surface area contributed by atoms with Crippen LogP contribution in [0.5, 0.6) is 0 Å². The second-order valence-electron chi connectivity index (χ2n) is 4.88. The molecule has 0 amide bonds. The third-order valence-corrected chi connectivity index (χ3v) is 3.47. The summed E-state index contributed by atoms with van der Waals surface area (Å²) in [6.07, 6.45) is 5.23. The maximum Gasteiger partial charge on any atom is 0.134 e. The SMILES string of the molecule is CCNc1ncnc(NC2CCC(O)CC2)c1C. The molecule has 0 aromatic carbocycles. The maximum absolute atomic E-state index is 9.50. The highest BCUT2D eigenvalue weighted by Gasteiger charge is 2.20. The van der Waals surface area contributed by atoms with Gasteiger partial charge in [0.1, 0.15) is 18.0 Å². The van der Waals surface area contributed by atoms with Gasteiger partial charge in [-0.05, 0) is 39.5 Å². The fraction of sp³-hybridized carbons (Fsp3) is 0.692. The van der Waals surface area contributed by atoms with Gasteiger partial charge in [-0.2, -0.15) is 0 Å². The lowest BCUT2D eigenvalue weighted by Gasteiger charge is -2.27. The second kappa shape index (κ2) is 6.00. The molecule has 1 aromatic rings. The van der Waals surface area contributed by atoms with Crippen LogP contribution < -0.4 is 10.6 Å². The average Bonchev–Trinajstić information content (AvgIpc) is 2.37. The van der Waals surface area contributed by atoms with E-state index in [1.54, 1.807) is 6.33 Å². The van der Waals surface area contributed by atoms with Crippen molar-refractivity contribution in [3.63, 3.8) is 0 Å². The molecule has 3 N–H and O–H groups in total. The summed E-state index contributed by atoms with van der Waals surface area (Å²) in [4.78, 5) is 8.54. The van der Waals surface area contributed by atoms with Gasteiger partial charge in [0.25, 0.3) is 0 Å². The van der Waals surface area contributed by atoms with Gasteiger partial charge in [0.15, 0.2) is 0 Å². The first-order valence-corrected chi connectivity index (χ1v) is 6.70. The van der Waals surface area contributed by atoms with Crippen LogP contribution in [0.25, 0.3) is 0 Å². The number of aliphatic hydroxyl groups excluding tert-OH is 1. The molecule has 0 radical (unpaired) electrons. The number of aliphatic hydroxyl groups is 1. The van der Waals surface area contributed by atoms with Crippen LogP contribution in [0.1, 0.15) is 38.2 Å². The van der Waals surface area contributed by atoms with Gasteiger partial charge in [0, 0.05) is 18.2 Å². The zero-order valence-corrected chi connectivity index (χ0v) is 11.1. The van der Waals surface area contributed by atoms with Gasteiger partial charge in [-0.25, -0.2) is 9.97 Å². The maximum atomic E-state index is 9.50. The van der Waals surface area contributed by atoms with Gasteiger partial charge in [-0.1, -0.05) is 0 Å². The number of hydrogen-bond acceptors (Lipinski definition) is 5. The summed E-state index contributed by atoms with van der Waals surface area (Å²) in [5, 5.41) is 16.2. The molecule has 0 atom stereocenters. The molecule has 0 unspecified atom stereocenters. The van der Waals surface area contributed by atoms with Crippen LogP contribution in [0.2, 0.25) is 0 Å². The van der Waals surface area contributed by atoms with Crippen LogP contribution in [0.4, 0.5) is 11.6 Å². The topological polar surface area (TPSA) is 70.1 Å². The van der Waals surface area contributed by atoms with E-state index in [4.69, 9.17) is 0 Å². The quantitative estimate of drug-likeness (QED) is 0.761. The lowest BCUT2D eigenvalue weighted by molar-refractivity contribution is 0.126. The van der Waals surface area contributed by atoms with Gasteiger partial charge in [-0.15, -0.1) is 0 Å². The number of anilines is 2. The van der Waals surface area contributed by atoms with Crippen molar-refractivity contribution in [3.8, 4) is 0 Å². The van der Waals surface area contributed by atoms with Crippen molar-refractivity contribution in [2.24, 2.45) is 0 Å². The van der Waals surface area contributed by atoms with Crippen molar-refractivity contribution in [2.45, 2.75) is 51.7 Å². The lowest BCUT2D eigenvalue weighted by atomic mass is 9.93. The van der Waals surface area contributed by atoms with Crippen LogP contribution in [0.3, 0.4) is 0 Å². The van der Waals surface area contributed by atoms with E-state index in [-0.39, 0.29) is 6.10 Å². The summed E-state index contributed by atoms with van der Waals surface area (Å²) < 4.78 is 0. The zero-order valence-electron chi connectivity index (χ0n) is 11.1. The van der Waals surface area contributed by atoms with Gasteiger partial charge in [0.2, 0.25) is 0 Å². The Balaban J connectivity index is 2.02. The van der Waals surface area contributed by atoms with E-state index in [0.717, 1.165) is 49.4 Å².